The van der Waals surface area contributed by atoms with E-state index in [1.807, 2.05) is 0 Å². The molecule has 0 amide bonds. The van der Waals surface area contributed by atoms with Gasteiger partial charge in [0.15, 0.2) is 0 Å². The van der Waals surface area contributed by atoms with Crippen molar-refractivity contribution in [1.29, 1.82) is 0 Å². The van der Waals surface area contributed by atoms with E-state index in [4.69, 9.17) is 9.47 Å². The maximum atomic E-state index is 12.1. The van der Waals surface area contributed by atoms with E-state index in [1.54, 1.807) is 48.5 Å². The summed E-state index contributed by atoms with van der Waals surface area (Å²) in [5.41, 5.74) is -0.297. The first-order valence-electron chi connectivity index (χ1n) is 8.60. The van der Waals surface area contributed by atoms with Crippen molar-refractivity contribution in [3.63, 3.8) is 0 Å². The average Bonchev–Trinajstić information content (AvgIpc) is 2.73. The van der Waals surface area contributed by atoms with Crippen molar-refractivity contribution in [1.82, 2.24) is 0 Å². The fourth-order valence-corrected chi connectivity index (χ4v) is 6.79. The number of hydrogen-bond acceptors (Lipinski definition) is 6. The number of nitro groups is 1. The molecule has 10 heteroatoms. The summed E-state index contributed by atoms with van der Waals surface area (Å²) in [4.78, 5) is 10.4. The van der Waals surface area contributed by atoms with Crippen LogP contribution < -0.4 is 25.4 Å². The second-order valence-electron chi connectivity index (χ2n) is 6.06. The zero-order valence-electron chi connectivity index (χ0n) is 16.1. The smallest absolute Gasteiger partial charge is 0.295 e. The van der Waals surface area contributed by atoms with E-state index in [2.05, 4.69) is 0 Å². The summed E-state index contributed by atoms with van der Waals surface area (Å²) in [6.45, 7) is 0. The van der Waals surface area contributed by atoms with Crippen molar-refractivity contribution in [2.24, 2.45) is 0 Å². The van der Waals surface area contributed by atoms with Crippen molar-refractivity contribution in [3.05, 3.63) is 76.8 Å². The van der Waals surface area contributed by atoms with Gasteiger partial charge in [-0.1, -0.05) is 36.4 Å². The number of ether oxygens (including phenoxy) is 2. The molecule has 0 saturated carbocycles. The summed E-state index contributed by atoms with van der Waals surface area (Å²) >= 11 is 0. The molecule has 0 aliphatic carbocycles. The van der Waals surface area contributed by atoms with Gasteiger partial charge in [-0.3, -0.25) is 14.7 Å². The lowest BCUT2D eigenvalue weighted by molar-refractivity contribution is -0.384. The summed E-state index contributed by atoms with van der Waals surface area (Å²) in [5, 5.41) is 12.7. The molecular formula is C20H18NO7PS. The van der Waals surface area contributed by atoms with Crippen LogP contribution in [0.25, 0.3) is 0 Å². The van der Waals surface area contributed by atoms with Crippen LogP contribution in [-0.2, 0) is 10.1 Å². The van der Waals surface area contributed by atoms with Crippen molar-refractivity contribution in [2.75, 3.05) is 14.2 Å². The van der Waals surface area contributed by atoms with Gasteiger partial charge in [-0.2, -0.15) is 8.42 Å². The largest absolute Gasteiger partial charge is 0.496 e. The third kappa shape index (κ3) is 4.28. The molecule has 0 aromatic heterocycles. The van der Waals surface area contributed by atoms with Gasteiger partial charge in [-0.05, 0) is 26.1 Å². The van der Waals surface area contributed by atoms with Crippen LogP contribution in [0.1, 0.15) is 0 Å². The van der Waals surface area contributed by atoms with Gasteiger partial charge in [-0.15, -0.1) is 0 Å². The third-order valence-corrected chi connectivity index (χ3v) is 7.94. The number of para-hydroxylation sites is 2. The van der Waals surface area contributed by atoms with E-state index >= 15 is 0 Å². The molecule has 0 saturated heterocycles. The fraction of sp³-hybridized carbons (Fsp3) is 0.100. The number of benzene rings is 3. The van der Waals surface area contributed by atoms with Gasteiger partial charge >= 0.3 is 0 Å². The molecule has 156 valence electrons. The first-order chi connectivity index (χ1) is 14.3. The standard InChI is InChI=1S/C20H18NO7PS/c1-27-15-7-3-5-9-17(15)29(18-10-6-4-8-16(18)28-2)19-13-14(21(22)23)11-12-20(19)30(24,25)26/h3-13H,1-2H3,(H,24,25,26). The van der Waals surface area contributed by atoms with Gasteiger partial charge < -0.3 is 9.47 Å². The quantitative estimate of drug-likeness (QED) is 0.256. The third-order valence-electron chi connectivity index (χ3n) is 4.32. The maximum absolute atomic E-state index is 12.1. The average molecular weight is 447 g/mol. The van der Waals surface area contributed by atoms with Crippen LogP contribution in [0.2, 0.25) is 0 Å². The van der Waals surface area contributed by atoms with E-state index < -0.39 is 27.9 Å². The molecule has 0 fully saturated rings. The number of nitrogens with zero attached hydrogens (tertiary/aromatic N) is 1. The number of hydrogen-bond donors (Lipinski definition) is 1. The summed E-state index contributed by atoms with van der Waals surface area (Å²) in [5.74, 6) is 0.949. The fourth-order valence-electron chi connectivity index (χ4n) is 3.03. The maximum Gasteiger partial charge on any atom is 0.295 e. The Balaban J connectivity index is 2.45. The van der Waals surface area contributed by atoms with Crippen LogP contribution >= 0.6 is 7.92 Å². The minimum atomic E-state index is -4.66. The molecular weight excluding hydrogens is 429 g/mol. The van der Waals surface area contributed by atoms with E-state index in [1.165, 1.54) is 20.3 Å². The van der Waals surface area contributed by atoms with E-state index in [0.29, 0.717) is 22.1 Å². The zero-order valence-corrected chi connectivity index (χ0v) is 17.8. The van der Waals surface area contributed by atoms with E-state index in [-0.39, 0.29) is 11.0 Å². The number of nitro benzene ring substituents is 1. The lowest BCUT2D eigenvalue weighted by Crippen LogP contribution is -2.27. The molecule has 0 atom stereocenters. The number of rotatable bonds is 7. The van der Waals surface area contributed by atoms with Gasteiger partial charge in [0.2, 0.25) is 0 Å². The molecule has 1 N–H and O–H groups in total. The minimum Gasteiger partial charge on any atom is -0.496 e. The van der Waals surface area contributed by atoms with Crippen LogP contribution in [0.3, 0.4) is 0 Å². The molecule has 0 aliphatic heterocycles. The van der Waals surface area contributed by atoms with Crippen molar-refractivity contribution in [2.45, 2.75) is 4.90 Å². The van der Waals surface area contributed by atoms with Gasteiger partial charge in [0, 0.05) is 28.0 Å². The Labute approximate surface area is 174 Å². The van der Waals surface area contributed by atoms with Crippen LogP contribution in [0, 0.1) is 10.1 Å². The summed E-state index contributed by atoms with van der Waals surface area (Å²) in [6.07, 6.45) is 0. The van der Waals surface area contributed by atoms with Gasteiger partial charge in [0.05, 0.1) is 19.1 Å². The highest BCUT2D eigenvalue weighted by molar-refractivity contribution is 7.88. The molecule has 0 radical (unpaired) electrons. The lowest BCUT2D eigenvalue weighted by Gasteiger charge is -2.24. The SMILES string of the molecule is COc1ccccc1P(c1ccccc1OC)c1cc([N+](=O)[O-])ccc1S(=O)(=O)O. The molecule has 0 heterocycles. The highest BCUT2D eigenvalue weighted by atomic mass is 32.2. The molecule has 3 aromatic carbocycles. The highest BCUT2D eigenvalue weighted by Crippen LogP contribution is 2.41. The minimum absolute atomic E-state index is 0.0932. The first kappa shape index (κ1) is 21.7. The van der Waals surface area contributed by atoms with Crippen LogP contribution in [0.5, 0.6) is 11.5 Å². The van der Waals surface area contributed by atoms with Gasteiger partial charge in [0.25, 0.3) is 15.8 Å². The Morgan fingerprint density at radius 3 is 1.80 bits per heavy atom. The molecule has 3 aromatic rings. The van der Waals surface area contributed by atoms with Crippen molar-refractivity contribution in [3.8, 4) is 11.5 Å². The highest BCUT2D eigenvalue weighted by Gasteiger charge is 2.30. The van der Waals surface area contributed by atoms with Crippen molar-refractivity contribution < 1.29 is 27.4 Å². The summed E-state index contributed by atoms with van der Waals surface area (Å²) in [7, 11) is -3.43. The molecule has 0 aliphatic rings. The zero-order chi connectivity index (χ0) is 21.9. The van der Waals surface area contributed by atoms with Gasteiger partial charge in [0.1, 0.15) is 16.4 Å². The Morgan fingerprint density at radius 2 is 1.37 bits per heavy atom. The van der Waals surface area contributed by atoms with Crippen LogP contribution in [0.15, 0.2) is 71.6 Å². The Hall–Kier alpha value is -3.00. The van der Waals surface area contributed by atoms with Crippen LogP contribution in [-0.4, -0.2) is 32.1 Å². The normalized spacial score (nSPS) is 11.3. The molecule has 3 rings (SSSR count). The summed E-state index contributed by atoms with van der Waals surface area (Å²) < 4.78 is 45.1. The topological polar surface area (TPSA) is 116 Å². The Bertz CT molecular complexity index is 1150. The number of non-ortho nitro benzene ring substituents is 1. The Kier molecular flexibility index (Phi) is 6.36. The van der Waals surface area contributed by atoms with Gasteiger partial charge in [-0.25, -0.2) is 0 Å². The predicted octanol–water partition coefficient (Wildman–Crippen LogP) is 2.62. The van der Waals surface area contributed by atoms with E-state index in [0.717, 1.165) is 12.1 Å². The Morgan fingerprint density at radius 1 is 0.867 bits per heavy atom. The first-order valence-corrected chi connectivity index (χ1v) is 11.4. The molecule has 0 spiro atoms. The second kappa shape index (κ2) is 8.79. The monoisotopic (exact) mass is 447 g/mol. The molecule has 0 bridgehead atoms. The van der Waals surface area contributed by atoms with Crippen LogP contribution in [0.4, 0.5) is 5.69 Å². The molecule has 8 nitrogen and oxygen atoms in total. The second-order valence-corrected chi connectivity index (χ2v) is 9.57. The molecule has 30 heavy (non-hydrogen) atoms. The number of methoxy groups -OCH3 is 2. The summed E-state index contributed by atoms with van der Waals surface area (Å²) in [6, 6.07) is 17.2. The molecule has 0 unspecified atom stereocenters. The van der Waals surface area contributed by atoms with E-state index in [9.17, 15) is 23.1 Å². The predicted molar refractivity (Wildman–Crippen MR) is 115 cm³/mol. The lowest BCUT2D eigenvalue weighted by atomic mass is 10.3. The van der Waals surface area contributed by atoms with Crippen molar-refractivity contribution >= 4 is 39.6 Å².